The molecule has 2 heteroatoms. The Balaban J connectivity index is 1.87. The van der Waals surface area contributed by atoms with Crippen LogP contribution in [0.1, 0.15) is 26.7 Å². The van der Waals surface area contributed by atoms with Crippen molar-refractivity contribution < 1.29 is 9.59 Å². The van der Waals surface area contributed by atoms with E-state index in [1.54, 1.807) is 0 Å². The highest BCUT2D eigenvalue weighted by molar-refractivity contribution is 6.08. The molecule has 0 aromatic heterocycles. The maximum Gasteiger partial charge on any atom is 0.162 e. The Hall–Kier alpha value is -1.18. The third-order valence-corrected chi connectivity index (χ3v) is 5.56. The van der Waals surface area contributed by atoms with Gasteiger partial charge in [-0.2, -0.15) is 0 Å². The number of rotatable bonds is 0. The summed E-state index contributed by atoms with van der Waals surface area (Å²) < 4.78 is 0. The van der Waals surface area contributed by atoms with Crippen LogP contribution in [0.2, 0.25) is 0 Å². The predicted molar refractivity (Wildman–Crippen MR) is 63.2 cm³/mol. The van der Waals surface area contributed by atoms with Crippen molar-refractivity contribution >= 4 is 11.6 Å². The fourth-order valence-corrected chi connectivity index (χ4v) is 4.62. The Morgan fingerprint density at radius 3 is 1.71 bits per heavy atom. The number of carbonyl (C=O) groups is 2. The molecule has 2 saturated carbocycles. The van der Waals surface area contributed by atoms with Gasteiger partial charge in [-0.05, 0) is 55.1 Å². The third-order valence-electron chi connectivity index (χ3n) is 5.56. The van der Waals surface area contributed by atoms with Crippen molar-refractivity contribution in [3.8, 4) is 0 Å². The molecule has 0 amide bonds. The number of ketones is 2. The van der Waals surface area contributed by atoms with Gasteiger partial charge in [-0.25, -0.2) is 0 Å². The molecule has 2 nitrogen and oxygen atoms in total. The van der Waals surface area contributed by atoms with Gasteiger partial charge in [0, 0.05) is 11.8 Å². The van der Waals surface area contributed by atoms with Crippen molar-refractivity contribution in [2.45, 2.75) is 26.7 Å². The lowest BCUT2D eigenvalue weighted by Gasteiger charge is -2.18. The molecule has 4 atom stereocenters. The van der Waals surface area contributed by atoms with E-state index in [9.17, 15) is 9.59 Å². The average Bonchev–Trinajstić information content (AvgIpc) is 2.91. The monoisotopic (exact) mass is 228 g/mol. The predicted octanol–water partition coefficient (Wildman–Crippen LogP) is 2.30. The van der Waals surface area contributed by atoms with Gasteiger partial charge in [0.2, 0.25) is 0 Å². The van der Waals surface area contributed by atoms with Gasteiger partial charge in [-0.15, -0.1) is 0 Å². The second-order valence-corrected chi connectivity index (χ2v) is 6.26. The first-order valence-corrected chi connectivity index (χ1v) is 6.51. The van der Waals surface area contributed by atoms with Gasteiger partial charge < -0.3 is 0 Å². The molecule has 1 spiro atoms. The average molecular weight is 228 g/mol. The zero-order valence-corrected chi connectivity index (χ0v) is 10.2. The van der Waals surface area contributed by atoms with Gasteiger partial charge in [0.15, 0.2) is 11.6 Å². The summed E-state index contributed by atoms with van der Waals surface area (Å²) in [6.07, 6.45) is 6.72. The molecular weight excluding hydrogens is 212 g/mol. The van der Waals surface area contributed by atoms with Crippen molar-refractivity contribution in [2.75, 3.05) is 0 Å². The molecule has 4 aliphatic carbocycles. The highest BCUT2D eigenvalue weighted by atomic mass is 16.1. The molecule has 0 heterocycles. The molecule has 0 aliphatic heterocycles. The second-order valence-electron chi connectivity index (χ2n) is 6.26. The minimum atomic E-state index is -0.0244. The SMILES string of the molecule is CC1=C[C@@H]2[C@H](C1=O)[C@@H]1C(=O)C(C)=C[C@@H]1C21CC1. The van der Waals surface area contributed by atoms with E-state index >= 15 is 0 Å². The fraction of sp³-hybridized carbons (Fsp3) is 0.600. The highest BCUT2D eigenvalue weighted by Crippen LogP contribution is 2.72. The summed E-state index contributed by atoms with van der Waals surface area (Å²) in [7, 11) is 0. The number of carbonyl (C=O) groups excluding carboxylic acids is 2. The summed E-state index contributed by atoms with van der Waals surface area (Å²) in [5.41, 5.74) is 2.06. The molecule has 0 aromatic carbocycles. The topological polar surface area (TPSA) is 34.1 Å². The van der Waals surface area contributed by atoms with Crippen LogP contribution in [0.15, 0.2) is 23.3 Å². The second kappa shape index (κ2) is 2.63. The van der Waals surface area contributed by atoms with Gasteiger partial charge in [-0.1, -0.05) is 12.2 Å². The van der Waals surface area contributed by atoms with E-state index in [4.69, 9.17) is 0 Å². The summed E-state index contributed by atoms with van der Waals surface area (Å²) in [6, 6.07) is 0. The molecule has 17 heavy (non-hydrogen) atoms. The fourth-order valence-electron chi connectivity index (χ4n) is 4.62. The molecular formula is C15H16O2. The smallest absolute Gasteiger partial charge is 0.162 e. The van der Waals surface area contributed by atoms with Crippen molar-refractivity contribution in [1.29, 1.82) is 0 Å². The van der Waals surface area contributed by atoms with Crippen LogP contribution in [0.5, 0.6) is 0 Å². The van der Waals surface area contributed by atoms with Crippen molar-refractivity contribution in [2.24, 2.45) is 29.1 Å². The van der Waals surface area contributed by atoms with E-state index in [1.165, 1.54) is 12.8 Å². The van der Waals surface area contributed by atoms with E-state index in [0.29, 0.717) is 11.8 Å². The van der Waals surface area contributed by atoms with E-state index in [1.807, 2.05) is 13.8 Å². The van der Waals surface area contributed by atoms with Crippen LogP contribution >= 0.6 is 0 Å². The minimum absolute atomic E-state index is 0.0244. The van der Waals surface area contributed by atoms with Gasteiger partial charge in [0.25, 0.3) is 0 Å². The van der Waals surface area contributed by atoms with E-state index in [2.05, 4.69) is 12.2 Å². The van der Waals surface area contributed by atoms with Crippen LogP contribution in [0, 0.1) is 29.1 Å². The highest BCUT2D eigenvalue weighted by Gasteiger charge is 2.70. The van der Waals surface area contributed by atoms with Crippen molar-refractivity contribution in [3.63, 3.8) is 0 Å². The lowest BCUT2D eigenvalue weighted by molar-refractivity contribution is -0.127. The Morgan fingerprint density at radius 2 is 1.35 bits per heavy atom. The number of hydrogen-bond donors (Lipinski definition) is 0. The zero-order valence-electron chi connectivity index (χ0n) is 10.2. The normalized spacial score (nSPS) is 44.8. The summed E-state index contributed by atoms with van der Waals surface area (Å²) in [4.78, 5) is 24.5. The Kier molecular flexibility index (Phi) is 1.52. The maximum absolute atomic E-state index is 12.3. The summed E-state index contributed by atoms with van der Waals surface area (Å²) >= 11 is 0. The Morgan fingerprint density at radius 1 is 0.941 bits per heavy atom. The van der Waals surface area contributed by atoms with Crippen LogP contribution in [0.25, 0.3) is 0 Å². The molecule has 0 bridgehead atoms. The molecule has 2 fully saturated rings. The third kappa shape index (κ3) is 0.907. The number of allylic oxidation sites excluding steroid dienone is 4. The molecule has 0 aromatic rings. The summed E-state index contributed by atoms with van der Waals surface area (Å²) in [5, 5.41) is 0. The molecule has 88 valence electrons. The lowest BCUT2D eigenvalue weighted by atomic mass is 9.85. The van der Waals surface area contributed by atoms with Crippen LogP contribution in [-0.4, -0.2) is 11.6 Å². The van der Waals surface area contributed by atoms with Gasteiger partial charge >= 0.3 is 0 Å². The number of fused-ring (bicyclic) bond motifs is 5. The van der Waals surface area contributed by atoms with Crippen molar-refractivity contribution in [1.82, 2.24) is 0 Å². The van der Waals surface area contributed by atoms with Crippen LogP contribution in [-0.2, 0) is 9.59 Å². The Labute approximate surface area is 101 Å². The molecule has 0 saturated heterocycles. The van der Waals surface area contributed by atoms with Gasteiger partial charge in [0.1, 0.15) is 0 Å². The first kappa shape index (κ1) is 9.81. The maximum atomic E-state index is 12.3. The largest absolute Gasteiger partial charge is 0.294 e. The quantitative estimate of drug-likeness (QED) is 0.637. The van der Waals surface area contributed by atoms with Crippen LogP contribution in [0.4, 0.5) is 0 Å². The van der Waals surface area contributed by atoms with Crippen molar-refractivity contribution in [3.05, 3.63) is 23.3 Å². The molecule has 4 aliphatic rings. The van der Waals surface area contributed by atoms with E-state index < -0.39 is 0 Å². The first-order chi connectivity index (χ1) is 8.06. The Bertz CT molecular complexity index is 475. The zero-order chi connectivity index (χ0) is 11.9. The summed E-state index contributed by atoms with van der Waals surface area (Å²) in [6.45, 7) is 3.82. The molecule has 0 unspecified atom stereocenters. The van der Waals surface area contributed by atoms with E-state index in [-0.39, 0.29) is 28.8 Å². The standard InChI is InChI=1S/C15H16O2/c1-7-5-9-11(13(7)16)12-10(15(9)3-4-15)6-8(2)14(12)17/h5-6,9-12H,3-4H2,1-2H3/t9-,10+,11+,12-. The van der Waals surface area contributed by atoms with Gasteiger partial charge in [0.05, 0.1) is 0 Å². The first-order valence-electron chi connectivity index (χ1n) is 6.51. The lowest BCUT2D eigenvalue weighted by Crippen LogP contribution is -2.26. The van der Waals surface area contributed by atoms with Gasteiger partial charge in [-0.3, -0.25) is 9.59 Å². The van der Waals surface area contributed by atoms with Crippen LogP contribution < -0.4 is 0 Å². The number of Topliss-reactive ketones (excluding diaryl/α,β-unsaturated/α-hetero) is 2. The number of hydrogen-bond acceptors (Lipinski definition) is 2. The molecule has 0 radical (unpaired) electrons. The van der Waals surface area contributed by atoms with E-state index in [0.717, 1.165) is 11.1 Å². The minimum Gasteiger partial charge on any atom is -0.294 e. The van der Waals surface area contributed by atoms with Crippen LogP contribution in [0.3, 0.4) is 0 Å². The molecule has 4 rings (SSSR count). The summed E-state index contributed by atoms with van der Waals surface area (Å²) in [5.74, 6) is 1.15. The molecule has 0 N–H and O–H groups in total.